The topological polar surface area (TPSA) is 77.6 Å². The molecule has 0 radical (unpaired) electrons. The Labute approximate surface area is 185 Å². The molecule has 158 valence electrons. The first-order valence-electron chi connectivity index (χ1n) is 9.98. The Hall–Kier alpha value is -3.39. The first-order chi connectivity index (χ1) is 15.0. The Kier molecular flexibility index (Phi) is 5.90. The summed E-state index contributed by atoms with van der Waals surface area (Å²) in [5.41, 5.74) is 5.50. The Morgan fingerprint density at radius 2 is 1.68 bits per heavy atom. The van der Waals surface area contributed by atoms with Crippen molar-refractivity contribution < 1.29 is 4.79 Å². The fourth-order valence-electron chi connectivity index (χ4n) is 3.48. The maximum atomic E-state index is 12.7. The van der Waals surface area contributed by atoms with Crippen LogP contribution >= 0.6 is 11.8 Å². The summed E-state index contributed by atoms with van der Waals surface area (Å²) in [6.07, 6.45) is 0. The molecule has 0 aliphatic heterocycles. The van der Waals surface area contributed by atoms with Crippen LogP contribution in [0.1, 0.15) is 22.8 Å². The summed E-state index contributed by atoms with van der Waals surface area (Å²) in [6.45, 7) is 7.81. The van der Waals surface area contributed by atoms with Crippen LogP contribution in [-0.4, -0.2) is 36.2 Å². The molecule has 0 aliphatic carbocycles. The molecule has 0 saturated heterocycles. The number of anilines is 1. The van der Waals surface area contributed by atoms with Gasteiger partial charge in [-0.3, -0.25) is 9.36 Å². The summed E-state index contributed by atoms with van der Waals surface area (Å²) in [7, 11) is 0. The van der Waals surface area contributed by atoms with Gasteiger partial charge >= 0.3 is 0 Å². The number of amides is 1. The molecule has 0 unspecified atom stereocenters. The number of para-hydroxylation sites is 2. The lowest BCUT2D eigenvalue weighted by molar-refractivity contribution is -0.113. The number of carbonyl (C=O) groups excluding carboxylic acids is 1. The molecule has 2 aromatic carbocycles. The summed E-state index contributed by atoms with van der Waals surface area (Å²) in [6, 6.07) is 17.9. The van der Waals surface area contributed by atoms with Crippen molar-refractivity contribution in [3.63, 3.8) is 0 Å². The number of carbonyl (C=O) groups is 1. The minimum atomic E-state index is -0.110. The Balaban J connectivity index is 1.50. The van der Waals surface area contributed by atoms with Gasteiger partial charge in [-0.15, -0.1) is 10.2 Å². The fraction of sp³-hybridized carbons (Fsp3) is 0.217. The van der Waals surface area contributed by atoms with Gasteiger partial charge < -0.3 is 5.32 Å². The number of hydrogen-bond acceptors (Lipinski definition) is 5. The van der Waals surface area contributed by atoms with Gasteiger partial charge in [-0.25, -0.2) is 4.68 Å². The summed E-state index contributed by atoms with van der Waals surface area (Å²) in [5.74, 6) is 0.896. The lowest BCUT2D eigenvalue weighted by Crippen LogP contribution is -2.16. The third-order valence-corrected chi connectivity index (χ3v) is 5.97. The fourth-order valence-corrected chi connectivity index (χ4v) is 4.27. The highest BCUT2D eigenvalue weighted by Crippen LogP contribution is 2.26. The van der Waals surface area contributed by atoms with E-state index in [-0.39, 0.29) is 11.7 Å². The van der Waals surface area contributed by atoms with Crippen LogP contribution in [0, 0.1) is 27.7 Å². The molecule has 8 heteroatoms. The zero-order valence-electron chi connectivity index (χ0n) is 18.0. The third-order valence-electron chi connectivity index (χ3n) is 5.04. The van der Waals surface area contributed by atoms with Crippen LogP contribution in [0.15, 0.2) is 59.8 Å². The number of benzene rings is 2. The van der Waals surface area contributed by atoms with Crippen molar-refractivity contribution in [2.24, 2.45) is 0 Å². The van der Waals surface area contributed by atoms with Gasteiger partial charge in [0.1, 0.15) is 5.82 Å². The summed E-state index contributed by atoms with van der Waals surface area (Å²) >= 11 is 1.36. The van der Waals surface area contributed by atoms with Crippen LogP contribution < -0.4 is 5.32 Å². The molecule has 0 fully saturated rings. The van der Waals surface area contributed by atoms with Crippen LogP contribution in [-0.2, 0) is 4.79 Å². The maximum Gasteiger partial charge on any atom is 0.234 e. The van der Waals surface area contributed by atoms with Gasteiger partial charge in [-0.05, 0) is 51.5 Å². The van der Waals surface area contributed by atoms with Crippen LogP contribution in [0.25, 0.3) is 11.4 Å². The molecule has 0 bridgehead atoms. The highest BCUT2D eigenvalue weighted by molar-refractivity contribution is 7.99. The van der Waals surface area contributed by atoms with Gasteiger partial charge in [-0.1, -0.05) is 48.2 Å². The van der Waals surface area contributed by atoms with Crippen LogP contribution in [0.4, 0.5) is 5.69 Å². The highest BCUT2D eigenvalue weighted by atomic mass is 32.2. The van der Waals surface area contributed by atoms with Crippen molar-refractivity contribution in [3.05, 3.63) is 77.4 Å². The predicted molar refractivity (Wildman–Crippen MR) is 123 cm³/mol. The summed E-state index contributed by atoms with van der Waals surface area (Å²) < 4.78 is 3.83. The first kappa shape index (κ1) is 20.9. The molecule has 1 N–H and O–H groups in total. The van der Waals surface area contributed by atoms with Crippen LogP contribution in [0.3, 0.4) is 0 Å². The molecule has 0 aliphatic rings. The van der Waals surface area contributed by atoms with Gasteiger partial charge in [0.25, 0.3) is 0 Å². The van der Waals surface area contributed by atoms with Crippen molar-refractivity contribution in [2.75, 3.05) is 11.1 Å². The van der Waals surface area contributed by atoms with Crippen molar-refractivity contribution in [3.8, 4) is 11.4 Å². The zero-order chi connectivity index (χ0) is 22.0. The summed E-state index contributed by atoms with van der Waals surface area (Å²) in [5, 5.41) is 16.8. The van der Waals surface area contributed by atoms with E-state index in [1.165, 1.54) is 11.8 Å². The van der Waals surface area contributed by atoms with Gasteiger partial charge in [0.2, 0.25) is 5.91 Å². The Morgan fingerprint density at radius 3 is 2.42 bits per heavy atom. The average molecular weight is 433 g/mol. The number of aromatic nitrogens is 5. The Morgan fingerprint density at radius 1 is 0.968 bits per heavy atom. The van der Waals surface area contributed by atoms with Crippen molar-refractivity contribution in [1.82, 2.24) is 24.5 Å². The largest absolute Gasteiger partial charge is 0.322 e. The van der Waals surface area contributed by atoms with Gasteiger partial charge in [0, 0.05) is 0 Å². The van der Waals surface area contributed by atoms with Gasteiger partial charge in [0.15, 0.2) is 5.16 Å². The highest BCUT2D eigenvalue weighted by Gasteiger charge is 2.18. The van der Waals surface area contributed by atoms with E-state index in [0.717, 1.165) is 39.8 Å². The monoisotopic (exact) mass is 432 g/mol. The number of nitrogens with zero attached hydrogens (tertiary/aromatic N) is 5. The SMILES string of the molecule is Cc1ccccc1-n1c(C)nnc1SCC(=O)Nc1c(C)nn(-c2ccccc2)c1C. The Bertz CT molecular complexity index is 1230. The van der Waals surface area contributed by atoms with E-state index < -0.39 is 0 Å². The van der Waals surface area contributed by atoms with Crippen molar-refractivity contribution in [1.29, 1.82) is 0 Å². The molecule has 4 aromatic rings. The van der Waals surface area contributed by atoms with E-state index in [4.69, 9.17) is 0 Å². The normalized spacial score (nSPS) is 11.0. The van der Waals surface area contributed by atoms with E-state index in [1.807, 2.05) is 91.5 Å². The maximum absolute atomic E-state index is 12.7. The second kappa shape index (κ2) is 8.77. The lowest BCUT2D eigenvalue weighted by Gasteiger charge is -2.11. The third kappa shape index (κ3) is 4.25. The number of thioether (sulfide) groups is 1. The van der Waals surface area contributed by atoms with Crippen LogP contribution in [0.2, 0.25) is 0 Å². The zero-order valence-corrected chi connectivity index (χ0v) is 18.8. The van der Waals surface area contributed by atoms with Crippen LogP contribution in [0.5, 0.6) is 0 Å². The number of hydrogen-bond donors (Lipinski definition) is 1. The predicted octanol–water partition coefficient (Wildman–Crippen LogP) is 4.42. The van der Waals surface area contributed by atoms with E-state index in [1.54, 1.807) is 0 Å². The van der Waals surface area contributed by atoms with Gasteiger partial charge in [-0.2, -0.15) is 5.10 Å². The quantitative estimate of drug-likeness (QED) is 0.457. The van der Waals surface area contributed by atoms with E-state index in [2.05, 4.69) is 20.6 Å². The van der Waals surface area contributed by atoms with E-state index in [9.17, 15) is 4.79 Å². The summed E-state index contributed by atoms with van der Waals surface area (Å²) in [4.78, 5) is 12.7. The molecule has 1 amide bonds. The minimum absolute atomic E-state index is 0.110. The minimum Gasteiger partial charge on any atom is -0.322 e. The number of rotatable bonds is 6. The standard InChI is InChI=1S/C23H24N6OS/c1-15-10-8-9-13-20(15)28-18(4)25-26-23(28)31-14-21(30)24-22-16(2)27-29(17(22)3)19-11-6-5-7-12-19/h5-13H,14H2,1-4H3,(H,24,30). The average Bonchev–Trinajstić information content (AvgIpc) is 3.27. The molecular formula is C23H24N6OS. The molecule has 0 atom stereocenters. The molecule has 0 spiro atoms. The van der Waals surface area contributed by atoms with E-state index in [0.29, 0.717) is 5.16 Å². The van der Waals surface area contributed by atoms with E-state index >= 15 is 0 Å². The van der Waals surface area contributed by atoms with Crippen molar-refractivity contribution >= 4 is 23.4 Å². The van der Waals surface area contributed by atoms with Crippen molar-refractivity contribution in [2.45, 2.75) is 32.9 Å². The molecule has 2 heterocycles. The molecule has 0 saturated carbocycles. The second-order valence-corrected chi connectivity index (χ2v) is 8.22. The molecular weight excluding hydrogens is 408 g/mol. The molecule has 4 rings (SSSR count). The molecule has 31 heavy (non-hydrogen) atoms. The second-order valence-electron chi connectivity index (χ2n) is 7.28. The lowest BCUT2D eigenvalue weighted by atomic mass is 10.2. The smallest absolute Gasteiger partial charge is 0.234 e. The molecule has 2 aromatic heterocycles. The number of nitrogens with one attached hydrogen (secondary N) is 1. The number of aryl methyl sites for hydroxylation is 3. The van der Waals surface area contributed by atoms with Gasteiger partial charge in [0.05, 0.1) is 34.2 Å². The molecule has 7 nitrogen and oxygen atoms in total. The first-order valence-corrected chi connectivity index (χ1v) is 11.0.